The fraction of sp³-hybridized carbons (Fsp3) is 0.600. The van der Waals surface area contributed by atoms with Crippen LogP contribution in [0.1, 0.15) is 56.5 Å². The van der Waals surface area contributed by atoms with E-state index in [4.69, 9.17) is 0 Å². The largest absolute Gasteiger partial charge is 0.354 e. The van der Waals surface area contributed by atoms with Crippen LogP contribution in [0.4, 0.5) is 0 Å². The van der Waals surface area contributed by atoms with Gasteiger partial charge in [0, 0.05) is 19.1 Å². The van der Waals surface area contributed by atoms with Crippen molar-refractivity contribution in [3.8, 4) is 0 Å². The highest BCUT2D eigenvalue weighted by Gasteiger charge is 2.14. The van der Waals surface area contributed by atoms with Crippen molar-refractivity contribution in [2.75, 3.05) is 18.8 Å². The van der Waals surface area contributed by atoms with Crippen LogP contribution in [0.3, 0.4) is 0 Å². The molecule has 3 rings (SSSR count). The van der Waals surface area contributed by atoms with Gasteiger partial charge in [0.05, 0.1) is 22.0 Å². The van der Waals surface area contributed by atoms with Crippen LogP contribution in [0.25, 0.3) is 11.0 Å². The maximum absolute atomic E-state index is 12.1. The zero-order valence-corrected chi connectivity index (χ0v) is 16.4. The van der Waals surface area contributed by atoms with Gasteiger partial charge >= 0.3 is 0 Å². The number of H-pyrrole nitrogens is 1. The van der Waals surface area contributed by atoms with Gasteiger partial charge in [-0.1, -0.05) is 37.8 Å². The van der Waals surface area contributed by atoms with Crippen LogP contribution < -0.4 is 10.6 Å². The molecule has 1 aliphatic carbocycles. The van der Waals surface area contributed by atoms with Crippen LogP contribution in [0.15, 0.2) is 24.3 Å². The molecule has 0 aliphatic heterocycles. The Balaban J connectivity index is 1.33. The molecule has 0 saturated heterocycles. The summed E-state index contributed by atoms with van der Waals surface area (Å²) in [5.74, 6) is 1.49. The van der Waals surface area contributed by atoms with E-state index < -0.39 is 0 Å². The third-order valence-corrected chi connectivity index (χ3v) is 6.14. The topological polar surface area (TPSA) is 69.8 Å². The molecular formula is C20H30N4OS. The van der Waals surface area contributed by atoms with Gasteiger partial charge < -0.3 is 15.6 Å². The molecule has 1 aromatic carbocycles. The highest BCUT2D eigenvalue weighted by atomic mass is 32.2. The SMILES string of the molecule is CC(SCC(=O)NCCNC1CCCCCC1)c1nc2ccccc2[nH]1. The smallest absolute Gasteiger partial charge is 0.230 e. The molecule has 1 heterocycles. The predicted octanol–water partition coefficient (Wildman–Crippen LogP) is 3.79. The number of thioether (sulfide) groups is 1. The Hall–Kier alpha value is -1.53. The van der Waals surface area contributed by atoms with Gasteiger partial charge in [0.15, 0.2) is 0 Å². The van der Waals surface area contributed by atoms with Crippen LogP contribution in [0.2, 0.25) is 0 Å². The van der Waals surface area contributed by atoms with Crippen molar-refractivity contribution >= 4 is 28.7 Å². The van der Waals surface area contributed by atoms with E-state index in [1.807, 2.05) is 24.3 Å². The van der Waals surface area contributed by atoms with Crippen molar-refractivity contribution in [1.29, 1.82) is 0 Å². The van der Waals surface area contributed by atoms with Gasteiger partial charge in [-0.3, -0.25) is 4.79 Å². The molecule has 142 valence electrons. The van der Waals surface area contributed by atoms with E-state index in [1.165, 1.54) is 38.5 Å². The monoisotopic (exact) mass is 374 g/mol. The molecule has 2 aromatic rings. The average molecular weight is 375 g/mol. The summed E-state index contributed by atoms with van der Waals surface area (Å²) in [5, 5.41) is 6.77. The van der Waals surface area contributed by atoms with Crippen molar-refractivity contribution in [2.45, 2.75) is 56.7 Å². The quantitative estimate of drug-likeness (QED) is 0.486. The van der Waals surface area contributed by atoms with Crippen molar-refractivity contribution in [3.63, 3.8) is 0 Å². The summed E-state index contributed by atoms with van der Waals surface area (Å²) in [5.41, 5.74) is 2.02. The van der Waals surface area contributed by atoms with Gasteiger partial charge in [-0.05, 0) is 31.9 Å². The molecular weight excluding hydrogens is 344 g/mol. The second-order valence-corrected chi connectivity index (χ2v) is 8.41. The number of rotatable bonds is 8. The second kappa shape index (κ2) is 9.97. The Morgan fingerprint density at radius 2 is 2.00 bits per heavy atom. The number of amides is 1. The fourth-order valence-electron chi connectivity index (χ4n) is 3.46. The molecule has 1 amide bonds. The maximum atomic E-state index is 12.1. The number of nitrogens with one attached hydrogen (secondary N) is 3. The lowest BCUT2D eigenvalue weighted by Gasteiger charge is -2.16. The standard InChI is InChI=1S/C20H30N4OS/c1-15(20-23-17-10-6-7-11-18(17)24-20)26-14-19(25)22-13-12-21-16-8-4-2-3-5-9-16/h6-7,10-11,15-16,21H,2-5,8-9,12-14H2,1H3,(H,22,25)(H,23,24). The Morgan fingerprint density at radius 1 is 1.23 bits per heavy atom. The number of hydrogen-bond acceptors (Lipinski definition) is 4. The van der Waals surface area contributed by atoms with Crippen LogP contribution >= 0.6 is 11.8 Å². The van der Waals surface area contributed by atoms with Gasteiger partial charge in [-0.15, -0.1) is 11.8 Å². The predicted molar refractivity (Wildman–Crippen MR) is 109 cm³/mol. The van der Waals surface area contributed by atoms with Crippen molar-refractivity contribution in [3.05, 3.63) is 30.1 Å². The van der Waals surface area contributed by atoms with E-state index in [9.17, 15) is 4.79 Å². The first kappa shape index (κ1) is 19.2. The lowest BCUT2D eigenvalue weighted by Crippen LogP contribution is -2.37. The number of imidazole rings is 1. The van der Waals surface area contributed by atoms with E-state index in [0.29, 0.717) is 18.3 Å². The number of benzene rings is 1. The molecule has 6 heteroatoms. The molecule has 0 bridgehead atoms. The molecule has 5 nitrogen and oxygen atoms in total. The number of carbonyl (C=O) groups excluding carboxylic acids is 1. The first-order valence-electron chi connectivity index (χ1n) is 9.78. The number of hydrogen-bond donors (Lipinski definition) is 3. The summed E-state index contributed by atoms with van der Waals surface area (Å²) in [4.78, 5) is 20.0. The van der Waals surface area contributed by atoms with E-state index in [0.717, 1.165) is 23.4 Å². The molecule has 1 unspecified atom stereocenters. The summed E-state index contributed by atoms with van der Waals surface area (Å²) < 4.78 is 0. The van der Waals surface area contributed by atoms with Crippen molar-refractivity contribution in [2.24, 2.45) is 0 Å². The van der Waals surface area contributed by atoms with Crippen LogP contribution in [0.5, 0.6) is 0 Å². The third-order valence-electron chi connectivity index (χ3n) is 4.99. The Morgan fingerprint density at radius 3 is 2.77 bits per heavy atom. The number of fused-ring (bicyclic) bond motifs is 1. The van der Waals surface area contributed by atoms with Crippen LogP contribution in [-0.4, -0.2) is 40.8 Å². The summed E-state index contributed by atoms with van der Waals surface area (Å²) in [6, 6.07) is 8.65. The zero-order chi connectivity index (χ0) is 18.2. The Bertz CT molecular complexity index is 661. The summed E-state index contributed by atoms with van der Waals surface area (Å²) in [7, 11) is 0. The molecule has 1 saturated carbocycles. The van der Waals surface area contributed by atoms with E-state index >= 15 is 0 Å². The average Bonchev–Trinajstić information content (AvgIpc) is 2.92. The van der Waals surface area contributed by atoms with Gasteiger partial charge in [0.25, 0.3) is 0 Å². The third kappa shape index (κ3) is 5.74. The minimum atomic E-state index is 0.0978. The van der Waals surface area contributed by atoms with Crippen LogP contribution in [-0.2, 0) is 4.79 Å². The Kier molecular flexibility index (Phi) is 7.38. The first-order chi connectivity index (χ1) is 12.7. The summed E-state index contributed by atoms with van der Waals surface area (Å²) >= 11 is 1.62. The normalized spacial score (nSPS) is 17.1. The molecule has 1 atom stereocenters. The highest BCUT2D eigenvalue weighted by molar-refractivity contribution is 8.00. The molecule has 1 aromatic heterocycles. The zero-order valence-electron chi connectivity index (χ0n) is 15.6. The molecule has 0 spiro atoms. The van der Waals surface area contributed by atoms with E-state index in [2.05, 4.69) is 27.5 Å². The Labute approximate surface area is 160 Å². The van der Waals surface area contributed by atoms with Gasteiger partial charge in [-0.25, -0.2) is 4.98 Å². The maximum Gasteiger partial charge on any atom is 0.230 e. The number of nitrogens with zero attached hydrogens (tertiary/aromatic N) is 1. The molecule has 1 fully saturated rings. The highest BCUT2D eigenvalue weighted by Crippen LogP contribution is 2.27. The number of carbonyl (C=O) groups is 1. The van der Waals surface area contributed by atoms with Crippen LogP contribution in [0, 0.1) is 0 Å². The molecule has 3 N–H and O–H groups in total. The minimum absolute atomic E-state index is 0.0978. The van der Waals surface area contributed by atoms with E-state index in [1.54, 1.807) is 11.8 Å². The molecule has 1 aliphatic rings. The number of aromatic amines is 1. The lowest BCUT2D eigenvalue weighted by atomic mass is 10.1. The molecule has 26 heavy (non-hydrogen) atoms. The van der Waals surface area contributed by atoms with Crippen molar-refractivity contribution < 1.29 is 4.79 Å². The van der Waals surface area contributed by atoms with Gasteiger partial charge in [-0.2, -0.15) is 0 Å². The van der Waals surface area contributed by atoms with Gasteiger partial charge in [0.1, 0.15) is 5.82 Å². The fourth-order valence-corrected chi connectivity index (χ4v) is 4.23. The number of aromatic nitrogens is 2. The lowest BCUT2D eigenvalue weighted by molar-refractivity contribution is -0.118. The summed E-state index contributed by atoms with van der Waals surface area (Å²) in [6.45, 7) is 3.65. The van der Waals surface area contributed by atoms with Crippen molar-refractivity contribution in [1.82, 2.24) is 20.6 Å². The van der Waals surface area contributed by atoms with E-state index in [-0.39, 0.29) is 11.2 Å². The number of para-hydroxylation sites is 2. The second-order valence-electron chi connectivity index (χ2n) is 7.08. The summed E-state index contributed by atoms with van der Waals surface area (Å²) in [6.07, 6.45) is 7.96. The molecule has 0 radical (unpaired) electrons. The minimum Gasteiger partial charge on any atom is -0.354 e. The first-order valence-corrected chi connectivity index (χ1v) is 10.8. The van der Waals surface area contributed by atoms with Gasteiger partial charge in [0.2, 0.25) is 5.91 Å².